The molecule has 8 atom stereocenters. The molecule has 3 aliphatic rings. The topological polar surface area (TPSA) is 202 Å². The zero-order valence-electron chi connectivity index (χ0n) is 31.1. The molecule has 5 heterocycles. The van der Waals surface area contributed by atoms with Crippen LogP contribution in [0, 0.1) is 19.8 Å². The summed E-state index contributed by atoms with van der Waals surface area (Å²) in [6.45, 7) is 8.49. The van der Waals surface area contributed by atoms with Gasteiger partial charge in [-0.05, 0) is 29.3 Å². The molecule has 3 fully saturated rings. The lowest BCUT2D eigenvalue weighted by Gasteiger charge is -2.45. The molecule has 3 aliphatic heterocycles. The Bertz CT molecular complexity index is 2270. The van der Waals surface area contributed by atoms with Crippen LogP contribution in [-0.4, -0.2) is 76.8 Å². The molecular formula is C37H45N4O12PSi. The van der Waals surface area contributed by atoms with Crippen LogP contribution in [0.1, 0.15) is 50.8 Å². The zero-order valence-corrected chi connectivity index (χ0v) is 33.0. The number of ether oxygens (including phenoxy) is 2. The van der Waals surface area contributed by atoms with Gasteiger partial charge in [-0.1, -0.05) is 81.4 Å². The lowest BCUT2D eigenvalue weighted by molar-refractivity contribution is -0.0686. The number of nitrogens with zero attached hydrogens (tertiary/aromatic N) is 2. The third-order valence-electron chi connectivity index (χ3n) is 10.5. The summed E-state index contributed by atoms with van der Waals surface area (Å²) in [6, 6.07) is 19.9. The van der Waals surface area contributed by atoms with Crippen LogP contribution in [0.5, 0.6) is 0 Å². The first-order valence-electron chi connectivity index (χ1n) is 18.1. The Morgan fingerprint density at radius 1 is 0.855 bits per heavy atom. The lowest BCUT2D eigenvalue weighted by atomic mass is 9.99. The number of rotatable bonds is 10. The molecule has 18 heteroatoms. The molecule has 1 unspecified atom stereocenters. The van der Waals surface area contributed by atoms with E-state index in [1.54, 1.807) is 6.92 Å². The molecule has 0 spiro atoms. The van der Waals surface area contributed by atoms with Gasteiger partial charge in [0.2, 0.25) is 0 Å². The van der Waals surface area contributed by atoms with E-state index >= 15 is 0 Å². The van der Waals surface area contributed by atoms with Crippen LogP contribution in [-0.2, 0) is 32.0 Å². The van der Waals surface area contributed by atoms with Gasteiger partial charge in [0.15, 0.2) is 6.23 Å². The van der Waals surface area contributed by atoms with Gasteiger partial charge in [-0.3, -0.25) is 42.3 Å². The van der Waals surface area contributed by atoms with Crippen molar-refractivity contribution in [3.63, 3.8) is 0 Å². The van der Waals surface area contributed by atoms with E-state index in [1.807, 2.05) is 60.7 Å². The number of benzene rings is 2. The maximum atomic E-state index is 14.3. The van der Waals surface area contributed by atoms with Crippen molar-refractivity contribution >= 4 is 26.5 Å². The predicted molar refractivity (Wildman–Crippen MR) is 202 cm³/mol. The maximum absolute atomic E-state index is 14.3. The number of hydrogen-bond donors (Lipinski definition) is 3. The monoisotopic (exact) mass is 796 g/mol. The van der Waals surface area contributed by atoms with E-state index in [0.717, 1.165) is 14.9 Å². The van der Waals surface area contributed by atoms with Gasteiger partial charge < -0.3 is 19.0 Å². The van der Waals surface area contributed by atoms with Crippen molar-refractivity contribution < 1.29 is 37.1 Å². The number of fused-ring (bicyclic) bond motifs is 1. The summed E-state index contributed by atoms with van der Waals surface area (Å²) < 4.78 is 54.3. The number of aliphatic hydroxyl groups excluding tert-OH is 1. The normalized spacial score (nSPS) is 28.3. The molecule has 0 amide bonds. The van der Waals surface area contributed by atoms with Gasteiger partial charge in [-0.15, -0.1) is 0 Å². The van der Waals surface area contributed by atoms with Crippen LogP contribution in [0.15, 0.2) is 92.2 Å². The fraction of sp³-hybridized carbons (Fsp3) is 0.459. The number of nitrogens with one attached hydrogen (secondary N) is 2. The van der Waals surface area contributed by atoms with E-state index < -0.39 is 93.1 Å². The van der Waals surface area contributed by atoms with Crippen LogP contribution < -0.4 is 32.9 Å². The molecule has 2 aromatic carbocycles. The highest BCUT2D eigenvalue weighted by Gasteiger charge is 2.56. The van der Waals surface area contributed by atoms with Crippen LogP contribution in [0.25, 0.3) is 0 Å². The van der Waals surface area contributed by atoms with E-state index in [9.17, 15) is 28.8 Å². The third-order valence-corrected chi connectivity index (χ3v) is 17.0. The first-order valence-corrected chi connectivity index (χ1v) is 21.4. The average Bonchev–Trinajstić information content (AvgIpc) is 3.73. The maximum Gasteiger partial charge on any atom is 0.475 e. The molecule has 294 valence electrons. The summed E-state index contributed by atoms with van der Waals surface area (Å²) in [5, 5.41) is 11.7. The molecule has 4 aromatic rings. The summed E-state index contributed by atoms with van der Waals surface area (Å²) in [5.74, 6) is -0.631. The Kier molecular flexibility index (Phi) is 10.8. The Morgan fingerprint density at radius 2 is 1.42 bits per heavy atom. The largest absolute Gasteiger partial charge is 0.475 e. The highest BCUT2D eigenvalue weighted by Crippen LogP contribution is 2.59. The molecule has 0 saturated carbocycles. The van der Waals surface area contributed by atoms with Crippen LogP contribution in [0.3, 0.4) is 0 Å². The minimum absolute atomic E-state index is 0.170. The van der Waals surface area contributed by atoms with E-state index in [2.05, 4.69) is 30.7 Å². The number of aryl methyl sites for hydroxylation is 2. The van der Waals surface area contributed by atoms with E-state index in [4.69, 9.17) is 27.5 Å². The average molecular weight is 797 g/mol. The molecular weight excluding hydrogens is 751 g/mol. The second-order valence-electron chi connectivity index (χ2n) is 15.2. The number of hydrogen-bond acceptors (Lipinski definition) is 12. The summed E-state index contributed by atoms with van der Waals surface area (Å²) in [5.41, 5.74) is -1.98. The number of phosphoric ester groups is 1. The Hall–Kier alpha value is -4.03. The molecule has 2 aromatic heterocycles. The van der Waals surface area contributed by atoms with Crippen molar-refractivity contribution in [3.8, 4) is 0 Å². The second kappa shape index (κ2) is 15.1. The molecule has 3 saturated heterocycles. The minimum Gasteiger partial charge on any atom is -0.402 e. The van der Waals surface area contributed by atoms with Gasteiger partial charge in [0.05, 0.1) is 32.0 Å². The fourth-order valence-corrected chi connectivity index (χ4v) is 13.9. The lowest BCUT2D eigenvalue weighted by Crippen LogP contribution is -2.68. The Balaban J connectivity index is 1.23. The highest BCUT2D eigenvalue weighted by molar-refractivity contribution is 7.48. The van der Waals surface area contributed by atoms with E-state index in [1.165, 1.54) is 23.9 Å². The quantitative estimate of drug-likeness (QED) is 0.156. The van der Waals surface area contributed by atoms with Gasteiger partial charge in [-0.25, -0.2) is 14.2 Å². The molecule has 0 bridgehead atoms. The summed E-state index contributed by atoms with van der Waals surface area (Å²) in [6.07, 6.45) is -2.70. The SMILES string of the molecule is Cc1cn([C@@H]2O[C@H](CO)[C@H]3COP(=O)(OC[C@H]4O[C@@H](n5cc(C)c(=O)[nH]c5=O)C[C@@H]4O[Si](c4ccccc4)(c4ccccc4)C(C)(C)C)O[C@H]32)c(=O)[nH]c1=O. The second-order valence-corrected chi connectivity index (χ2v) is 21.0. The van der Waals surface area contributed by atoms with Crippen molar-refractivity contribution in [1.29, 1.82) is 0 Å². The molecule has 16 nitrogen and oxygen atoms in total. The van der Waals surface area contributed by atoms with Gasteiger partial charge in [-0.2, -0.15) is 0 Å². The van der Waals surface area contributed by atoms with E-state index in [0.29, 0.717) is 5.56 Å². The van der Waals surface area contributed by atoms with Crippen molar-refractivity contribution in [2.45, 2.75) is 82.9 Å². The van der Waals surface area contributed by atoms with Gasteiger partial charge in [0.1, 0.15) is 18.4 Å². The number of aliphatic hydroxyl groups is 1. The first-order chi connectivity index (χ1) is 26.1. The summed E-state index contributed by atoms with van der Waals surface area (Å²) >= 11 is 0. The minimum atomic E-state index is -4.40. The number of aromatic nitrogens is 4. The fourth-order valence-electron chi connectivity index (χ4n) is 7.74. The highest BCUT2D eigenvalue weighted by atomic mass is 31.2. The zero-order chi connectivity index (χ0) is 39.3. The molecule has 55 heavy (non-hydrogen) atoms. The van der Waals surface area contributed by atoms with Crippen molar-refractivity contribution in [1.82, 2.24) is 19.1 Å². The van der Waals surface area contributed by atoms with Crippen LogP contribution in [0.4, 0.5) is 0 Å². The number of aromatic amines is 2. The first kappa shape index (κ1) is 39.2. The Morgan fingerprint density at radius 3 is 1.98 bits per heavy atom. The molecule has 0 aliphatic carbocycles. The third kappa shape index (κ3) is 7.36. The summed E-state index contributed by atoms with van der Waals surface area (Å²) in [7, 11) is -7.61. The molecule has 7 rings (SSSR count). The predicted octanol–water partition coefficient (Wildman–Crippen LogP) is 1.98. The van der Waals surface area contributed by atoms with Gasteiger partial charge >= 0.3 is 19.2 Å². The van der Waals surface area contributed by atoms with E-state index in [-0.39, 0.29) is 25.2 Å². The number of H-pyrrole nitrogens is 2. The van der Waals surface area contributed by atoms with Crippen molar-refractivity contribution in [3.05, 3.63) is 126 Å². The smallest absolute Gasteiger partial charge is 0.402 e. The Labute approximate surface area is 316 Å². The number of phosphoric acid groups is 1. The summed E-state index contributed by atoms with van der Waals surface area (Å²) in [4.78, 5) is 54.9. The van der Waals surface area contributed by atoms with Gasteiger partial charge in [0.25, 0.3) is 19.4 Å². The standard InChI is InChI=1S/C37H45N4O12PSi/c1-22-17-40(35(45)38-32(22)43)30-16-27(53-55(37(3,4)5,24-12-8-6-9-13-24)25-14-10-7-11-15-25)29(50-30)21-49-54(47)48-20-26-28(19-42)51-34(31(26)52-54)41-18-23(2)33(44)39-36(41)46/h6-15,17-18,26-31,34,42H,16,19-21H2,1-5H3,(H,38,43,45)(H,39,44,46)/t26-,27+,28-,29-,30-,31-,34-,54?/m1/s1. The van der Waals surface area contributed by atoms with Crippen molar-refractivity contribution in [2.24, 2.45) is 5.92 Å². The van der Waals surface area contributed by atoms with Crippen molar-refractivity contribution in [2.75, 3.05) is 19.8 Å². The molecule has 0 radical (unpaired) electrons. The molecule has 3 N–H and O–H groups in total. The van der Waals surface area contributed by atoms with Crippen LogP contribution >= 0.6 is 7.82 Å². The van der Waals surface area contributed by atoms with Gasteiger partial charge in [0, 0.05) is 35.9 Å². The van der Waals surface area contributed by atoms with Crippen LogP contribution in [0.2, 0.25) is 5.04 Å².